The molecule has 0 atom stereocenters. The molecule has 1 heterocycles. The predicted octanol–water partition coefficient (Wildman–Crippen LogP) is 4.42. The number of rotatable bonds is 7. The lowest BCUT2D eigenvalue weighted by atomic mass is 10.2. The molecule has 2 aromatic carbocycles. The van der Waals surface area contributed by atoms with Crippen LogP contribution in [0, 0.1) is 0 Å². The summed E-state index contributed by atoms with van der Waals surface area (Å²) in [7, 11) is 2.01. The quantitative estimate of drug-likeness (QED) is 0.626. The molecule has 0 fully saturated rings. The first-order valence-corrected chi connectivity index (χ1v) is 8.50. The van der Waals surface area contributed by atoms with Crippen LogP contribution in [-0.2, 0) is 13.1 Å². The van der Waals surface area contributed by atoms with E-state index in [-0.39, 0.29) is 0 Å². The summed E-state index contributed by atoms with van der Waals surface area (Å²) in [4.78, 5) is 6.56. The molecule has 0 aliphatic carbocycles. The van der Waals surface area contributed by atoms with Crippen LogP contribution in [0.4, 0.5) is 0 Å². The highest BCUT2D eigenvalue weighted by Crippen LogP contribution is 2.20. The molecule has 3 rings (SSSR count). The molecule has 25 heavy (non-hydrogen) atoms. The van der Waals surface area contributed by atoms with E-state index in [9.17, 15) is 0 Å². The Morgan fingerprint density at radius 1 is 1.12 bits per heavy atom. The molecule has 5 nitrogen and oxygen atoms in total. The molecule has 0 unspecified atom stereocenters. The van der Waals surface area contributed by atoms with E-state index in [0.29, 0.717) is 29.9 Å². The number of halogens is 1. The van der Waals surface area contributed by atoms with Crippen molar-refractivity contribution in [2.24, 2.45) is 0 Å². The Bertz CT molecular complexity index is 818. The minimum Gasteiger partial charge on any atom is -0.494 e. The van der Waals surface area contributed by atoms with Gasteiger partial charge in [-0.3, -0.25) is 4.90 Å². The fourth-order valence-electron chi connectivity index (χ4n) is 2.52. The second kappa shape index (κ2) is 8.14. The number of nitrogens with zero attached hydrogens (tertiary/aromatic N) is 3. The van der Waals surface area contributed by atoms with Crippen LogP contribution in [0.25, 0.3) is 11.4 Å². The van der Waals surface area contributed by atoms with Gasteiger partial charge in [0.2, 0.25) is 11.7 Å². The van der Waals surface area contributed by atoms with E-state index >= 15 is 0 Å². The fraction of sp³-hybridized carbons (Fsp3) is 0.263. The fourth-order valence-corrected chi connectivity index (χ4v) is 2.71. The van der Waals surface area contributed by atoms with Gasteiger partial charge in [0.1, 0.15) is 5.75 Å². The van der Waals surface area contributed by atoms with Crippen LogP contribution in [0.3, 0.4) is 0 Å². The first kappa shape index (κ1) is 17.5. The SMILES string of the molecule is CCOc1ccc(CN(C)Cc2nc(-c3cccc(Cl)c3)no2)cc1. The minimum absolute atomic E-state index is 0.548. The summed E-state index contributed by atoms with van der Waals surface area (Å²) in [6.07, 6.45) is 0. The highest BCUT2D eigenvalue weighted by Gasteiger charge is 2.11. The molecule has 0 N–H and O–H groups in total. The minimum atomic E-state index is 0.548. The van der Waals surface area contributed by atoms with E-state index in [0.717, 1.165) is 17.9 Å². The van der Waals surface area contributed by atoms with Crippen molar-refractivity contribution < 1.29 is 9.26 Å². The van der Waals surface area contributed by atoms with Crippen molar-refractivity contribution in [3.63, 3.8) is 0 Å². The molecular formula is C19H20ClN3O2. The van der Waals surface area contributed by atoms with Gasteiger partial charge in [0.25, 0.3) is 0 Å². The lowest BCUT2D eigenvalue weighted by Gasteiger charge is -2.14. The van der Waals surface area contributed by atoms with Crippen LogP contribution < -0.4 is 4.74 Å². The Hall–Kier alpha value is -2.37. The Labute approximate surface area is 152 Å². The van der Waals surface area contributed by atoms with Gasteiger partial charge in [-0.1, -0.05) is 41.0 Å². The standard InChI is InChI=1S/C19H20ClN3O2/c1-3-24-17-9-7-14(8-10-17)12-23(2)13-18-21-19(22-25-18)15-5-4-6-16(20)11-15/h4-11H,3,12-13H2,1-2H3. The van der Waals surface area contributed by atoms with Gasteiger partial charge in [0.05, 0.1) is 13.2 Å². The van der Waals surface area contributed by atoms with Crippen LogP contribution >= 0.6 is 11.6 Å². The van der Waals surface area contributed by atoms with E-state index in [1.54, 1.807) is 0 Å². The zero-order chi connectivity index (χ0) is 17.6. The van der Waals surface area contributed by atoms with Crippen LogP contribution in [-0.4, -0.2) is 28.7 Å². The predicted molar refractivity (Wildman–Crippen MR) is 97.5 cm³/mol. The average molecular weight is 358 g/mol. The second-order valence-corrected chi connectivity index (χ2v) is 6.21. The average Bonchev–Trinajstić information content (AvgIpc) is 3.05. The van der Waals surface area contributed by atoms with Crippen molar-refractivity contribution in [3.8, 4) is 17.1 Å². The summed E-state index contributed by atoms with van der Waals surface area (Å²) >= 11 is 6.00. The summed E-state index contributed by atoms with van der Waals surface area (Å²) in [5, 5.41) is 4.68. The molecule has 0 saturated heterocycles. The van der Waals surface area contributed by atoms with Crippen molar-refractivity contribution in [1.82, 2.24) is 15.0 Å². The van der Waals surface area contributed by atoms with Crippen molar-refractivity contribution in [2.75, 3.05) is 13.7 Å². The van der Waals surface area contributed by atoms with Crippen LogP contribution in [0.15, 0.2) is 53.1 Å². The molecular weight excluding hydrogens is 338 g/mol. The molecule has 0 saturated carbocycles. The number of hydrogen-bond donors (Lipinski definition) is 0. The third-order valence-electron chi connectivity index (χ3n) is 3.64. The molecule has 130 valence electrons. The monoisotopic (exact) mass is 357 g/mol. The second-order valence-electron chi connectivity index (χ2n) is 5.77. The van der Waals surface area contributed by atoms with Gasteiger partial charge < -0.3 is 9.26 Å². The van der Waals surface area contributed by atoms with Crippen LogP contribution in [0.2, 0.25) is 5.02 Å². The van der Waals surface area contributed by atoms with E-state index in [1.807, 2.05) is 50.4 Å². The molecule has 3 aromatic rings. The topological polar surface area (TPSA) is 51.4 Å². The third-order valence-corrected chi connectivity index (χ3v) is 3.88. The summed E-state index contributed by atoms with van der Waals surface area (Å²) in [6, 6.07) is 15.5. The van der Waals surface area contributed by atoms with E-state index in [4.69, 9.17) is 20.9 Å². The summed E-state index contributed by atoms with van der Waals surface area (Å²) in [5.41, 5.74) is 2.04. The number of aromatic nitrogens is 2. The highest BCUT2D eigenvalue weighted by atomic mass is 35.5. The molecule has 0 aliphatic rings. The number of ether oxygens (including phenoxy) is 1. The zero-order valence-electron chi connectivity index (χ0n) is 14.3. The Kier molecular flexibility index (Phi) is 5.68. The van der Waals surface area contributed by atoms with Gasteiger partial charge in [0, 0.05) is 17.1 Å². The maximum atomic E-state index is 6.00. The van der Waals surface area contributed by atoms with Crippen molar-refractivity contribution in [2.45, 2.75) is 20.0 Å². The van der Waals surface area contributed by atoms with Crippen LogP contribution in [0.1, 0.15) is 18.4 Å². The lowest BCUT2D eigenvalue weighted by molar-refractivity contribution is 0.260. The Morgan fingerprint density at radius 3 is 2.64 bits per heavy atom. The molecule has 6 heteroatoms. The Morgan fingerprint density at radius 2 is 1.92 bits per heavy atom. The first-order valence-electron chi connectivity index (χ1n) is 8.13. The smallest absolute Gasteiger partial charge is 0.241 e. The number of benzene rings is 2. The van der Waals surface area contributed by atoms with Gasteiger partial charge >= 0.3 is 0 Å². The van der Waals surface area contributed by atoms with Crippen LogP contribution in [0.5, 0.6) is 5.75 Å². The maximum absolute atomic E-state index is 6.00. The molecule has 0 bridgehead atoms. The molecule has 0 aliphatic heterocycles. The normalized spacial score (nSPS) is 11.0. The van der Waals surface area contributed by atoms with Gasteiger partial charge in [-0.05, 0) is 43.8 Å². The summed E-state index contributed by atoms with van der Waals surface area (Å²) < 4.78 is 10.8. The van der Waals surface area contributed by atoms with E-state index in [2.05, 4.69) is 27.2 Å². The summed E-state index contributed by atoms with van der Waals surface area (Å²) in [5.74, 6) is 2.01. The molecule has 0 spiro atoms. The van der Waals surface area contributed by atoms with E-state index < -0.39 is 0 Å². The highest BCUT2D eigenvalue weighted by molar-refractivity contribution is 6.30. The van der Waals surface area contributed by atoms with Crippen molar-refractivity contribution in [3.05, 3.63) is 65.0 Å². The zero-order valence-corrected chi connectivity index (χ0v) is 15.0. The molecule has 0 amide bonds. The van der Waals surface area contributed by atoms with Crippen molar-refractivity contribution >= 4 is 11.6 Å². The largest absolute Gasteiger partial charge is 0.494 e. The summed E-state index contributed by atoms with van der Waals surface area (Å²) in [6.45, 7) is 4.00. The first-order chi connectivity index (χ1) is 12.1. The number of hydrogen-bond acceptors (Lipinski definition) is 5. The van der Waals surface area contributed by atoms with Gasteiger partial charge in [-0.25, -0.2) is 0 Å². The van der Waals surface area contributed by atoms with Gasteiger partial charge in [-0.2, -0.15) is 4.98 Å². The Balaban J connectivity index is 1.60. The molecule has 1 aromatic heterocycles. The van der Waals surface area contributed by atoms with Gasteiger partial charge in [0.15, 0.2) is 0 Å². The van der Waals surface area contributed by atoms with Gasteiger partial charge in [-0.15, -0.1) is 0 Å². The lowest BCUT2D eigenvalue weighted by Crippen LogP contribution is -2.17. The third kappa shape index (κ3) is 4.81. The molecule has 0 radical (unpaired) electrons. The maximum Gasteiger partial charge on any atom is 0.241 e. The van der Waals surface area contributed by atoms with Crippen molar-refractivity contribution in [1.29, 1.82) is 0 Å². The van der Waals surface area contributed by atoms with E-state index in [1.165, 1.54) is 5.56 Å².